The second-order valence-corrected chi connectivity index (χ2v) is 7.19. The van der Waals surface area contributed by atoms with Crippen LogP contribution in [0.15, 0.2) is 42.5 Å². The molecule has 2 aromatic carbocycles. The van der Waals surface area contributed by atoms with Gasteiger partial charge in [-0.15, -0.1) is 0 Å². The first-order chi connectivity index (χ1) is 12.2. The number of nitrogens with one attached hydrogen (secondary N) is 1. The zero-order valence-electron chi connectivity index (χ0n) is 14.1. The molecule has 3 nitrogen and oxygen atoms in total. The predicted molar refractivity (Wildman–Crippen MR) is 102 cm³/mol. The van der Waals surface area contributed by atoms with Gasteiger partial charge in [0, 0.05) is 22.1 Å². The van der Waals surface area contributed by atoms with Crippen LogP contribution in [0.5, 0.6) is 11.5 Å². The molecule has 1 aliphatic carbocycles. The molecule has 3 atom stereocenters. The van der Waals surface area contributed by atoms with Gasteiger partial charge in [-0.1, -0.05) is 47.5 Å². The van der Waals surface area contributed by atoms with Crippen molar-refractivity contribution in [2.45, 2.75) is 18.4 Å². The zero-order valence-corrected chi connectivity index (χ0v) is 15.6. The van der Waals surface area contributed by atoms with E-state index in [4.69, 9.17) is 32.7 Å². The Morgan fingerprint density at radius 2 is 1.84 bits per heavy atom. The summed E-state index contributed by atoms with van der Waals surface area (Å²) in [6.07, 6.45) is 5.44. The van der Waals surface area contributed by atoms with E-state index in [1.54, 1.807) is 14.2 Å². The largest absolute Gasteiger partial charge is 0.493 e. The maximum Gasteiger partial charge on any atom is 0.165 e. The third kappa shape index (κ3) is 2.57. The van der Waals surface area contributed by atoms with Gasteiger partial charge >= 0.3 is 0 Å². The minimum atomic E-state index is 0.0634. The molecule has 0 fully saturated rings. The summed E-state index contributed by atoms with van der Waals surface area (Å²) in [5.74, 6) is 2.08. The van der Waals surface area contributed by atoms with Crippen molar-refractivity contribution >= 4 is 28.9 Å². The van der Waals surface area contributed by atoms with E-state index < -0.39 is 0 Å². The zero-order chi connectivity index (χ0) is 17.6. The van der Waals surface area contributed by atoms with Crippen LogP contribution in [0.3, 0.4) is 0 Å². The average molecular weight is 376 g/mol. The van der Waals surface area contributed by atoms with Crippen molar-refractivity contribution in [3.63, 3.8) is 0 Å². The van der Waals surface area contributed by atoms with Crippen LogP contribution < -0.4 is 14.8 Å². The topological polar surface area (TPSA) is 30.5 Å². The highest BCUT2D eigenvalue weighted by atomic mass is 35.5. The Bertz CT molecular complexity index is 850. The summed E-state index contributed by atoms with van der Waals surface area (Å²) in [5, 5.41) is 5.07. The molecule has 0 unspecified atom stereocenters. The number of allylic oxidation sites excluding steroid dienone is 2. The number of ether oxygens (including phenoxy) is 2. The van der Waals surface area contributed by atoms with Crippen LogP contribution in [-0.4, -0.2) is 14.2 Å². The number of methoxy groups -OCH3 is 2. The van der Waals surface area contributed by atoms with Crippen LogP contribution in [-0.2, 0) is 0 Å². The Hall–Kier alpha value is -1.84. The highest BCUT2D eigenvalue weighted by Crippen LogP contribution is 2.55. The number of para-hydroxylation sites is 1. The molecule has 0 radical (unpaired) electrons. The molecule has 0 spiro atoms. The predicted octanol–water partition coefficient (Wildman–Crippen LogP) is 5.84. The van der Waals surface area contributed by atoms with Gasteiger partial charge in [0.05, 0.1) is 31.0 Å². The first kappa shape index (κ1) is 16.6. The van der Waals surface area contributed by atoms with Crippen molar-refractivity contribution < 1.29 is 9.47 Å². The van der Waals surface area contributed by atoms with E-state index in [1.807, 2.05) is 24.3 Å². The van der Waals surface area contributed by atoms with Gasteiger partial charge in [-0.2, -0.15) is 0 Å². The first-order valence-electron chi connectivity index (χ1n) is 8.27. The maximum atomic E-state index is 6.50. The van der Waals surface area contributed by atoms with E-state index in [0.717, 1.165) is 39.8 Å². The van der Waals surface area contributed by atoms with Crippen molar-refractivity contribution in [1.29, 1.82) is 0 Å². The number of fused-ring (bicyclic) bond motifs is 3. The number of hydrogen-bond acceptors (Lipinski definition) is 3. The minimum absolute atomic E-state index is 0.0634. The Labute approximate surface area is 157 Å². The maximum absolute atomic E-state index is 6.50. The van der Waals surface area contributed by atoms with Gasteiger partial charge in [0.25, 0.3) is 0 Å². The smallest absolute Gasteiger partial charge is 0.165 e. The quantitative estimate of drug-likeness (QED) is 0.683. The number of anilines is 1. The molecule has 5 heteroatoms. The van der Waals surface area contributed by atoms with Crippen LogP contribution in [0.2, 0.25) is 10.0 Å². The number of rotatable bonds is 3. The Balaban J connectivity index is 1.87. The highest BCUT2D eigenvalue weighted by Gasteiger charge is 2.41. The number of hydrogen-bond donors (Lipinski definition) is 1. The van der Waals surface area contributed by atoms with E-state index in [0.29, 0.717) is 10.9 Å². The molecule has 0 saturated carbocycles. The van der Waals surface area contributed by atoms with Gasteiger partial charge in [0.1, 0.15) is 0 Å². The molecule has 1 heterocycles. The Morgan fingerprint density at radius 3 is 2.60 bits per heavy atom. The van der Waals surface area contributed by atoms with Crippen LogP contribution in [0, 0.1) is 5.92 Å². The van der Waals surface area contributed by atoms with E-state index in [2.05, 4.69) is 23.5 Å². The van der Waals surface area contributed by atoms with Gasteiger partial charge in [-0.05, 0) is 30.5 Å². The first-order valence-corrected chi connectivity index (χ1v) is 9.03. The van der Waals surface area contributed by atoms with Crippen molar-refractivity contribution in [2.75, 3.05) is 19.5 Å². The third-order valence-corrected chi connectivity index (χ3v) is 5.83. The van der Waals surface area contributed by atoms with Gasteiger partial charge in [0.2, 0.25) is 0 Å². The van der Waals surface area contributed by atoms with Gasteiger partial charge < -0.3 is 14.8 Å². The normalized spacial score (nSPS) is 23.6. The molecule has 0 bridgehead atoms. The summed E-state index contributed by atoms with van der Waals surface area (Å²) >= 11 is 13.0. The van der Waals surface area contributed by atoms with E-state index in [9.17, 15) is 0 Å². The van der Waals surface area contributed by atoms with Crippen molar-refractivity contribution in [1.82, 2.24) is 0 Å². The van der Waals surface area contributed by atoms with Crippen LogP contribution >= 0.6 is 23.2 Å². The molecule has 25 heavy (non-hydrogen) atoms. The summed E-state index contributed by atoms with van der Waals surface area (Å²) in [7, 11) is 3.33. The van der Waals surface area contributed by atoms with Crippen LogP contribution in [0.1, 0.15) is 29.5 Å². The summed E-state index contributed by atoms with van der Waals surface area (Å²) in [4.78, 5) is 0. The molecule has 2 aliphatic rings. The van der Waals surface area contributed by atoms with Crippen LogP contribution in [0.4, 0.5) is 5.69 Å². The third-order valence-electron chi connectivity index (χ3n) is 5.18. The van der Waals surface area contributed by atoms with Crippen LogP contribution in [0.25, 0.3) is 0 Å². The fraction of sp³-hybridized carbons (Fsp3) is 0.300. The molecular weight excluding hydrogens is 357 g/mol. The SMILES string of the molecule is COc1cccc([C@@H]2Nc3c(Cl)ccc(Cl)c3[C@@H]3C=CC[C@@H]32)c1OC. The second-order valence-electron chi connectivity index (χ2n) is 6.38. The lowest BCUT2D eigenvalue weighted by molar-refractivity contribution is 0.341. The van der Waals surface area contributed by atoms with Gasteiger partial charge in [-0.3, -0.25) is 0 Å². The highest BCUT2D eigenvalue weighted by molar-refractivity contribution is 6.36. The molecule has 0 saturated heterocycles. The standard InChI is InChI=1S/C20H19Cl2NO2/c1-24-16-8-4-7-13(20(16)25-2)18-12-6-3-5-11(12)17-14(21)9-10-15(22)19(17)23-18/h3-5,7-12,18,23H,6H2,1-2H3/t11-,12+,18-/m1/s1. The monoisotopic (exact) mass is 375 g/mol. The fourth-order valence-corrected chi connectivity index (χ4v) is 4.60. The lowest BCUT2D eigenvalue weighted by Gasteiger charge is -2.39. The van der Waals surface area contributed by atoms with Crippen molar-refractivity contribution in [3.8, 4) is 11.5 Å². The molecule has 0 aromatic heterocycles. The number of halogens is 2. The Kier molecular flexibility index (Phi) is 4.30. The molecule has 1 N–H and O–H groups in total. The van der Waals surface area contributed by atoms with Gasteiger partial charge in [-0.25, -0.2) is 0 Å². The average Bonchev–Trinajstić information content (AvgIpc) is 3.12. The summed E-state index contributed by atoms with van der Waals surface area (Å²) < 4.78 is 11.1. The molecule has 130 valence electrons. The summed E-state index contributed by atoms with van der Waals surface area (Å²) in [5.41, 5.74) is 3.07. The van der Waals surface area contributed by atoms with E-state index >= 15 is 0 Å². The molecule has 1 aliphatic heterocycles. The molecule has 2 aromatic rings. The minimum Gasteiger partial charge on any atom is -0.493 e. The lowest BCUT2D eigenvalue weighted by Crippen LogP contribution is -2.30. The molecular formula is C20H19Cl2NO2. The van der Waals surface area contributed by atoms with Crippen molar-refractivity contribution in [3.05, 3.63) is 63.7 Å². The number of benzene rings is 2. The van der Waals surface area contributed by atoms with E-state index in [-0.39, 0.29) is 12.0 Å². The van der Waals surface area contributed by atoms with Gasteiger partial charge in [0.15, 0.2) is 11.5 Å². The lowest BCUT2D eigenvalue weighted by atomic mass is 9.76. The summed E-state index contributed by atoms with van der Waals surface area (Å²) in [6, 6.07) is 9.76. The summed E-state index contributed by atoms with van der Waals surface area (Å²) in [6.45, 7) is 0. The Morgan fingerprint density at radius 1 is 1.04 bits per heavy atom. The van der Waals surface area contributed by atoms with Crippen molar-refractivity contribution in [2.24, 2.45) is 5.92 Å². The fourth-order valence-electron chi connectivity index (χ4n) is 4.09. The second kappa shape index (κ2) is 6.47. The van der Waals surface area contributed by atoms with E-state index in [1.165, 1.54) is 0 Å². The molecule has 0 amide bonds. The molecule has 4 rings (SSSR count).